The Labute approximate surface area is 126 Å². The predicted molar refractivity (Wildman–Crippen MR) is 78.1 cm³/mol. The molecule has 0 radical (unpaired) electrons. The Kier molecular flexibility index (Phi) is 5.15. The van der Waals surface area contributed by atoms with Crippen LogP contribution in [-0.4, -0.2) is 12.2 Å². The van der Waals surface area contributed by atoms with Gasteiger partial charge < -0.3 is 9.84 Å². The molecular weight excluding hydrogens is 298 g/mol. The molecule has 2 aromatic carbocycles. The van der Waals surface area contributed by atoms with Crippen LogP contribution in [0.15, 0.2) is 42.5 Å². The summed E-state index contributed by atoms with van der Waals surface area (Å²) in [6.45, 7) is 0. The molecule has 0 saturated carbocycles. The van der Waals surface area contributed by atoms with Gasteiger partial charge in [-0.3, -0.25) is 0 Å². The van der Waals surface area contributed by atoms with E-state index in [1.807, 2.05) is 0 Å². The Morgan fingerprint density at radius 3 is 2.52 bits per heavy atom. The van der Waals surface area contributed by atoms with Crippen LogP contribution < -0.4 is 4.74 Å². The van der Waals surface area contributed by atoms with Crippen LogP contribution in [0.5, 0.6) is 5.75 Å². The third kappa shape index (κ3) is 3.93. The molecule has 21 heavy (non-hydrogen) atoms. The first-order valence-electron chi connectivity index (χ1n) is 6.39. The molecular formula is C16H15ClF2O2. The summed E-state index contributed by atoms with van der Waals surface area (Å²) >= 11 is 5.93. The van der Waals surface area contributed by atoms with Crippen molar-refractivity contribution in [1.29, 1.82) is 0 Å². The molecule has 0 saturated heterocycles. The number of methoxy groups -OCH3 is 1. The number of aliphatic hydroxyl groups excluding tert-OH is 1. The molecule has 0 aromatic heterocycles. The molecule has 0 fully saturated rings. The highest BCUT2D eigenvalue weighted by atomic mass is 35.5. The third-order valence-corrected chi connectivity index (χ3v) is 3.44. The largest absolute Gasteiger partial charge is 0.496 e. The van der Waals surface area contributed by atoms with Gasteiger partial charge in [-0.2, -0.15) is 0 Å². The van der Waals surface area contributed by atoms with Crippen molar-refractivity contribution in [2.75, 3.05) is 7.11 Å². The fraction of sp³-hybridized carbons (Fsp3) is 0.250. The first kappa shape index (κ1) is 15.7. The number of aliphatic hydroxyl groups is 1. The van der Waals surface area contributed by atoms with Crippen LogP contribution in [0.4, 0.5) is 8.78 Å². The van der Waals surface area contributed by atoms with E-state index in [-0.39, 0.29) is 12.0 Å². The minimum absolute atomic E-state index is 0.107. The zero-order valence-electron chi connectivity index (χ0n) is 11.4. The van der Waals surface area contributed by atoms with Gasteiger partial charge in [-0.15, -0.1) is 0 Å². The Morgan fingerprint density at radius 1 is 1.14 bits per heavy atom. The van der Waals surface area contributed by atoms with Gasteiger partial charge in [0.15, 0.2) is 0 Å². The van der Waals surface area contributed by atoms with Crippen LogP contribution in [-0.2, 0) is 6.42 Å². The summed E-state index contributed by atoms with van der Waals surface area (Å²) in [6, 6.07) is 10.9. The minimum atomic E-state index is -2.56. The Bertz CT molecular complexity index is 617. The molecule has 0 heterocycles. The van der Waals surface area contributed by atoms with E-state index < -0.39 is 12.5 Å². The van der Waals surface area contributed by atoms with E-state index in [2.05, 4.69) is 0 Å². The molecule has 0 spiro atoms. The van der Waals surface area contributed by atoms with Crippen molar-refractivity contribution in [2.24, 2.45) is 0 Å². The minimum Gasteiger partial charge on any atom is -0.496 e. The molecule has 2 rings (SSSR count). The fourth-order valence-electron chi connectivity index (χ4n) is 2.13. The summed E-state index contributed by atoms with van der Waals surface area (Å²) in [4.78, 5) is 0. The number of alkyl halides is 2. The zero-order valence-corrected chi connectivity index (χ0v) is 12.1. The monoisotopic (exact) mass is 312 g/mol. The molecule has 0 amide bonds. The number of halogens is 3. The lowest BCUT2D eigenvalue weighted by molar-refractivity contribution is 0.149. The van der Waals surface area contributed by atoms with E-state index >= 15 is 0 Å². The third-order valence-electron chi connectivity index (χ3n) is 3.20. The molecule has 5 heteroatoms. The number of hydrogen-bond donors (Lipinski definition) is 1. The molecule has 1 N–H and O–H groups in total. The van der Waals surface area contributed by atoms with E-state index in [9.17, 15) is 13.9 Å². The maximum atomic E-state index is 12.7. The highest BCUT2D eigenvalue weighted by molar-refractivity contribution is 6.30. The molecule has 2 nitrogen and oxygen atoms in total. The van der Waals surface area contributed by atoms with Gasteiger partial charge in [0, 0.05) is 17.0 Å². The average Bonchev–Trinajstić information content (AvgIpc) is 2.47. The molecule has 1 unspecified atom stereocenters. The van der Waals surface area contributed by atoms with E-state index in [4.69, 9.17) is 16.3 Å². The van der Waals surface area contributed by atoms with E-state index in [1.165, 1.54) is 25.3 Å². The Hall–Kier alpha value is -1.65. The summed E-state index contributed by atoms with van der Waals surface area (Å²) in [5.74, 6) is 0.600. The van der Waals surface area contributed by atoms with Crippen molar-refractivity contribution in [1.82, 2.24) is 0 Å². The van der Waals surface area contributed by atoms with Crippen molar-refractivity contribution in [2.45, 2.75) is 19.0 Å². The van der Waals surface area contributed by atoms with E-state index in [1.54, 1.807) is 24.3 Å². The standard InChI is InChI=1S/C16H15ClF2O2/c1-21-15-6-5-13(17)8-12(15)9-14(20)10-3-2-4-11(7-10)16(18)19/h2-8,14,16,20H,9H2,1H3. The van der Waals surface area contributed by atoms with Crippen molar-refractivity contribution in [3.05, 3.63) is 64.2 Å². The highest BCUT2D eigenvalue weighted by Crippen LogP contribution is 2.29. The molecule has 0 aliphatic rings. The van der Waals surface area contributed by atoms with E-state index in [0.717, 1.165) is 5.56 Å². The molecule has 0 bridgehead atoms. The maximum absolute atomic E-state index is 12.7. The van der Waals surface area contributed by atoms with Crippen LogP contribution in [0.1, 0.15) is 29.2 Å². The second kappa shape index (κ2) is 6.87. The summed E-state index contributed by atoms with van der Waals surface area (Å²) in [7, 11) is 1.52. The van der Waals surface area contributed by atoms with Gasteiger partial charge in [0.25, 0.3) is 6.43 Å². The predicted octanol–water partition coefficient (Wildman–Crippen LogP) is 4.56. The molecule has 1 atom stereocenters. The molecule has 0 aliphatic heterocycles. The van der Waals surface area contributed by atoms with Gasteiger partial charge in [0.05, 0.1) is 13.2 Å². The highest BCUT2D eigenvalue weighted by Gasteiger charge is 2.15. The van der Waals surface area contributed by atoms with Crippen molar-refractivity contribution < 1.29 is 18.6 Å². The first-order valence-corrected chi connectivity index (χ1v) is 6.77. The normalized spacial score (nSPS) is 12.5. The lowest BCUT2D eigenvalue weighted by Gasteiger charge is -2.15. The second-order valence-corrected chi connectivity index (χ2v) is 5.08. The molecule has 0 aliphatic carbocycles. The van der Waals surface area contributed by atoms with Crippen molar-refractivity contribution in [3.8, 4) is 5.75 Å². The van der Waals surface area contributed by atoms with Gasteiger partial charge >= 0.3 is 0 Å². The Balaban J connectivity index is 2.23. The lowest BCUT2D eigenvalue weighted by atomic mass is 9.99. The topological polar surface area (TPSA) is 29.5 Å². The van der Waals surface area contributed by atoms with Gasteiger partial charge in [-0.05, 0) is 35.4 Å². The van der Waals surface area contributed by atoms with Crippen molar-refractivity contribution >= 4 is 11.6 Å². The van der Waals surface area contributed by atoms with Gasteiger partial charge in [-0.1, -0.05) is 29.8 Å². The van der Waals surface area contributed by atoms with Gasteiger partial charge in [0.2, 0.25) is 0 Å². The second-order valence-electron chi connectivity index (χ2n) is 4.65. The Morgan fingerprint density at radius 2 is 1.86 bits per heavy atom. The van der Waals surface area contributed by atoms with Gasteiger partial charge in [-0.25, -0.2) is 8.78 Å². The number of hydrogen-bond acceptors (Lipinski definition) is 2. The van der Waals surface area contributed by atoms with Crippen LogP contribution >= 0.6 is 11.6 Å². The quantitative estimate of drug-likeness (QED) is 0.877. The first-order chi connectivity index (χ1) is 10.0. The fourth-order valence-corrected chi connectivity index (χ4v) is 2.33. The van der Waals surface area contributed by atoms with Gasteiger partial charge in [0.1, 0.15) is 5.75 Å². The lowest BCUT2D eigenvalue weighted by Crippen LogP contribution is -2.04. The summed E-state index contributed by atoms with van der Waals surface area (Å²) in [6.07, 6.45) is -3.23. The maximum Gasteiger partial charge on any atom is 0.263 e. The van der Waals surface area contributed by atoms with Crippen LogP contribution in [0.3, 0.4) is 0 Å². The van der Waals surface area contributed by atoms with Crippen LogP contribution in [0.25, 0.3) is 0 Å². The summed E-state index contributed by atoms with van der Waals surface area (Å²) in [5.41, 5.74) is 1.05. The van der Waals surface area contributed by atoms with Crippen LogP contribution in [0, 0.1) is 0 Å². The number of rotatable bonds is 5. The summed E-state index contributed by atoms with van der Waals surface area (Å²) < 4.78 is 30.6. The molecule has 2 aromatic rings. The zero-order chi connectivity index (χ0) is 15.4. The smallest absolute Gasteiger partial charge is 0.263 e. The van der Waals surface area contributed by atoms with Crippen LogP contribution in [0.2, 0.25) is 5.02 Å². The van der Waals surface area contributed by atoms with Crippen molar-refractivity contribution in [3.63, 3.8) is 0 Å². The average molecular weight is 313 g/mol. The molecule has 112 valence electrons. The number of ether oxygens (including phenoxy) is 1. The van der Waals surface area contributed by atoms with E-state index in [0.29, 0.717) is 16.3 Å². The number of benzene rings is 2. The SMILES string of the molecule is COc1ccc(Cl)cc1CC(O)c1cccc(C(F)F)c1. The summed E-state index contributed by atoms with van der Waals surface area (Å²) in [5, 5.41) is 10.8.